The largest absolute Gasteiger partial charge is 0.300 e. The zero-order chi connectivity index (χ0) is 15.5. The number of hydrogen-bond donors (Lipinski definition) is 0. The Morgan fingerprint density at radius 3 is 2.77 bits per heavy atom. The number of Topliss-reactive ketones (excluding diaryl/α,β-unsaturated/α-hetero) is 1. The Labute approximate surface area is 134 Å². The van der Waals surface area contributed by atoms with Crippen molar-refractivity contribution in [2.75, 3.05) is 0 Å². The summed E-state index contributed by atoms with van der Waals surface area (Å²) in [4.78, 5) is 12.1. The van der Waals surface area contributed by atoms with Gasteiger partial charge in [0.05, 0.1) is 0 Å². The third-order valence-electron chi connectivity index (χ3n) is 7.75. The summed E-state index contributed by atoms with van der Waals surface area (Å²) < 4.78 is 0. The van der Waals surface area contributed by atoms with Crippen molar-refractivity contribution in [3.05, 3.63) is 36.0 Å². The second-order valence-electron chi connectivity index (χ2n) is 8.61. The van der Waals surface area contributed by atoms with Gasteiger partial charge in [-0.3, -0.25) is 4.79 Å². The molecule has 1 nitrogen and oxygen atoms in total. The first-order valence-electron chi connectivity index (χ1n) is 9.03. The molecule has 4 aliphatic carbocycles. The van der Waals surface area contributed by atoms with E-state index >= 15 is 0 Å². The normalized spacial score (nSPS) is 49.1. The zero-order valence-corrected chi connectivity index (χ0v) is 14.1. The Kier molecular flexibility index (Phi) is 3.09. The van der Waals surface area contributed by atoms with Gasteiger partial charge in [-0.2, -0.15) is 0 Å². The van der Waals surface area contributed by atoms with Gasteiger partial charge in [-0.1, -0.05) is 44.2 Å². The molecular formula is C21H28O. The SMILES string of the molecule is CC(=O)[C@H]1CC[C@H]2[C@@H]3C=CC4=CC=CC[C@]4(C)[C@H]3CC[C@]12C. The number of carbonyl (C=O) groups is 1. The first-order chi connectivity index (χ1) is 10.5. The minimum absolute atomic E-state index is 0.249. The van der Waals surface area contributed by atoms with Crippen LogP contribution in [0.1, 0.15) is 52.9 Å². The molecule has 0 radical (unpaired) electrons. The summed E-state index contributed by atoms with van der Waals surface area (Å²) in [5.74, 6) is 2.88. The maximum absolute atomic E-state index is 12.1. The molecule has 1 heteroatoms. The number of ketones is 1. The van der Waals surface area contributed by atoms with Crippen molar-refractivity contribution in [3.63, 3.8) is 0 Å². The van der Waals surface area contributed by atoms with E-state index in [2.05, 4.69) is 44.2 Å². The smallest absolute Gasteiger partial charge is 0.133 e. The molecule has 0 spiro atoms. The lowest BCUT2D eigenvalue weighted by Crippen LogP contribution is -2.48. The summed E-state index contributed by atoms with van der Waals surface area (Å²) in [6, 6.07) is 0. The van der Waals surface area contributed by atoms with Crippen molar-refractivity contribution in [2.45, 2.75) is 52.9 Å². The van der Waals surface area contributed by atoms with E-state index in [9.17, 15) is 4.79 Å². The van der Waals surface area contributed by atoms with E-state index in [0.717, 1.165) is 12.3 Å². The fourth-order valence-electron chi connectivity index (χ4n) is 6.49. The molecule has 0 amide bonds. The summed E-state index contributed by atoms with van der Waals surface area (Å²) in [5, 5.41) is 0. The van der Waals surface area contributed by atoms with Crippen LogP contribution >= 0.6 is 0 Å². The van der Waals surface area contributed by atoms with Gasteiger partial charge in [-0.15, -0.1) is 0 Å². The monoisotopic (exact) mass is 296 g/mol. The van der Waals surface area contributed by atoms with Crippen molar-refractivity contribution in [2.24, 2.45) is 34.5 Å². The summed E-state index contributed by atoms with van der Waals surface area (Å²) in [5.41, 5.74) is 2.10. The standard InChI is InChI=1S/C21H28O/c1-14(22)17-9-10-18-16-8-7-15-6-4-5-12-20(15,2)19(16)11-13-21(17,18)3/h4-8,16-19H,9-13H2,1-3H3/t16-,17+,18-,19-,20-,21+/m0/s1. The van der Waals surface area contributed by atoms with Gasteiger partial charge in [0.15, 0.2) is 0 Å². The van der Waals surface area contributed by atoms with E-state index in [4.69, 9.17) is 0 Å². The van der Waals surface area contributed by atoms with Crippen LogP contribution in [0.15, 0.2) is 36.0 Å². The van der Waals surface area contributed by atoms with Crippen LogP contribution in [0, 0.1) is 34.5 Å². The lowest BCUT2D eigenvalue weighted by Gasteiger charge is -2.55. The lowest BCUT2D eigenvalue weighted by atomic mass is 9.49. The van der Waals surface area contributed by atoms with E-state index in [-0.39, 0.29) is 5.41 Å². The van der Waals surface area contributed by atoms with Crippen LogP contribution in [-0.2, 0) is 4.79 Å². The van der Waals surface area contributed by atoms with E-state index in [1.165, 1.54) is 31.3 Å². The van der Waals surface area contributed by atoms with Crippen molar-refractivity contribution in [1.82, 2.24) is 0 Å². The van der Waals surface area contributed by atoms with Crippen LogP contribution in [0.2, 0.25) is 0 Å². The van der Waals surface area contributed by atoms with Crippen LogP contribution in [-0.4, -0.2) is 5.78 Å². The second kappa shape index (κ2) is 4.69. The molecule has 0 unspecified atom stereocenters. The highest BCUT2D eigenvalue weighted by Gasteiger charge is 2.58. The van der Waals surface area contributed by atoms with Crippen molar-refractivity contribution in [3.8, 4) is 0 Å². The van der Waals surface area contributed by atoms with Gasteiger partial charge in [-0.05, 0) is 73.2 Å². The predicted molar refractivity (Wildman–Crippen MR) is 90.3 cm³/mol. The van der Waals surface area contributed by atoms with Crippen molar-refractivity contribution < 1.29 is 4.79 Å². The summed E-state index contributed by atoms with van der Waals surface area (Å²) in [7, 11) is 0. The summed E-state index contributed by atoms with van der Waals surface area (Å²) in [6.45, 7) is 6.70. The highest BCUT2D eigenvalue weighted by molar-refractivity contribution is 5.79. The fourth-order valence-corrected chi connectivity index (χ4v) is 6.49. The van der Waals surface area contributed by atoms with Gasteiger partial charge in [0.25, 0.3) is 0 Å². The maximum Gasteiger partial charge on any atom is 0.133 e. The minimum atomic E-state index is 0.249. The summed E-state index contributed by atoms with van der Waals surface area (Å²) >= 11 is 0. The number of rotatable bonds is 1. The molecule has 0 aromatic carbocycles. The lowest BCUT2D eigenvalue weighted by molar-refractivity contribution is -0.126. The maximum atomic E-state index is 12.1. The Hall–Kier alpha value is -1.11. The molecule has 22 heavy (non-hydrogen) atoms. The Morgan fingerprint density at radius 2 is 2.00 bits per heavy atom. The second-order valence-corrected chi connectivity index (χ2v) is 8.61. The molecule has 0 heterocycles. The number of allylic oxidation sites excluding steroid dienone is 6. The van der Waals surface area contributed by atoms with Gasteiger partial charge in [-0.25, -0.2) is 0 Å². The Balaban J connectivity index is 1.72. The molecule has 118 valence electrons. The topological polar surface area (TPSA) is 17.1 Å². The highest BCUT2D eigenvalue weighted by Crippen LogP contribution is 2.64. The molecule has 6 atom stereocenters. The van der Waals surface area contributed by atoms with Crippen molar-refractivity contribution >= 4 is 5.78 Å². The molecule has 2 saturated carbocycles. The summed E-state index contributed by atoms with van der Waals surface area (Å²) in [6.07, 6.45) is 17.9. The molecule has 0 N–H and O–H groups in total. The van der Waals surface area contributed by atoms with E-state index in [1.54, 1.807) is 0 Å². The van der Waals surface area contributed by atoms with Crippen LogP contribution < -0.4 is 0 Å². The third-order valence-corrected chi connectivity index (χ3v) is 7.75. The third kappa shape index (κ3) is 1.74. The fraction of sp³-hybridized carbons (Fsp3) is 0.667. The average Bonchev–Trinajstić information content (AvgIpc) is 2.84. The number of fused-ring (bicyclic) bond motifs is 5. The molecule has 0 bridgehead atoms. The zero-order valence-electron chi connectivity index (χ0n) is 14.1. The predicted octanol–water partition coefficient (Wildman–Crippen LogP) is 5.10. The van der Waals surface area contributed by atoms with E-state index in [1.807, 2.05) is 6.92 Å². The van der Waals surface area contributed by atoms with Crippen LogP contribution in [0.5, 0.6) is 0 Å². The van der Waals surface area contributed by atoms with Gasteiger partial charge in [0, 0.05) is 5.92 Å². The quantitative estimate of drug-likeness (QED) is 0.658. The highest BCUT2D eigenvalue weighted by atomic mass is 16.1. The van der Waals surface area contributed by atoms with E-state index < -0.39 is 0 Å². The molecule has 4 aliphatic rings. The number of carbonyl (C=O) groups excluding carboxylic acids is 1. The molecule has 2 fully saturated rings. The molecule has 0 aromatic rings. The molecular weight excluding hydrogens is 268 g/mol. The van der Waals surface area contributed by atoms with E-state index in [0.29, 0.717) is 29.0 Å². The molecule has 0 saturated heterocycles. The molecule has 0 aromatic heterocycles. The van der Waals surface area contributed by atoms with Gasteiger partial charge in [0.2, 0.25) is 0 Å². The van der Waals surface area contributed by atoms with Crippen LogP contribution in [0.25, 0.3) is 0 Å². The van der Waals surface area contributed by atoms with Crippen LogP contribution in [0.4, 0.5) is 0 Å². The number of hydrogen-bond acceptors (Lipinski definition) is 1. The Bertz CT molecular complexity index is 595. The first-order valence-corrected chi connectivity index (χ1v) is 9.03. The van der Waals surface area contributed by atoms with Gasteiger partial charge < -0.3 is 0 Å². The van der Waals surface area contributed by atoms with Crippen molar-refractivity contribution in [1.29, 1.82) is 0 Å². The molecule has 4 rings (SSSR count). The Morgan fingerprint density at radius 1 is 1.18 bits per heavy atom. The average molecular weight is 296 g/mol. The van der Waals surface area contributed by atoms with Gasteiger partial charge in [0.1, 0.15) is 5.78 Å². The first kappa shape index (κ1) is 14.5. The van der Waals surface area contributed by atoms with Crippen LogP contribution in [0.3, 0.4) is 0 Å². The van der Waals surface area contributed by atoms with Gasteiger partial charge >= 0.3 is 0 Å². The minimum Gasteiger partial charge on any atom is -0.300 e. The molecule has 0 aliphatic heterocycles.